The van der Waals surface area contributed by atoms with Crippen LogP contribution in [0.15, 0.2) is 66.7 Å². The number of methoxy groups -OCH3 is 1. The van der Waals surface area contributed by atoms with E-state index >= 15 is 0 Å². The summed E-state index contributed by atoms with van der Waals surface area (Å²) in [5.41, 5.74) is 6.70. The van der Waals surface area contributed by atoms with Gasteiger partial charge in [0.05, 0.1) is 19.2 Å². The minimum Gasteiger partial charge on any atom is -0.495 e. The summed E-state index contributed by atoms with van der Waals surface area (Å²) in [6, 6.07) is 22.4. The summed E-state index contributed by atoms with van der Waals surface area (Å²) in [5, 5.41) is 2.70. The number of ether oxygens (including phenoxy) is 2. The van der Waals surface area contributed by atoms with Gasteiger partial charge in [-0.05, 0) is 46.9 Å². The molecule has 0 heterocycles. The lowest BCUT2D eigenvalue weighted by atomic mass is 9.98. The molecule has 0 fully saturated rings. The van der Waals surface area contributed by atoms with E-state index in [0.717, 1.165) is 11.1 Å². The monoisotopic (exact) mass is 397 g/mol. The van der Waals surface area contributed by atoms with Crippen molar-refractivity contribution in [2.45, 2.75) is 12.8 Å². The predicted molar refractivity (Wildman–Crippen MR) is 118 cm³/mol. The average Bonchev–Trinajstić information content (AvgIpc) is 3.09. The molecule has 1 aliphatic carbocycles. The highest BCUT2D eigenvalue weighted by molar-refractivity contribution is 5.79. The number of rotatable bonds is 4. The molecule has 3 aromatic carbocycles. The van der Waals surface area contributed by atoms with Crippen LogP contribution in [0.3, 0.4) is 0 Å². The van der Waals surface area contributed by atoms with Gasteiger partial charge in [0.25, 0.3) is 0 Å². The molecule has 1 aliphatic rings. The zero-order valence-electron chi connectivity index (χ0n) is 17.1. The number of aryl methyl sites for hydroxylation is 1. The topological polar surface area (TPSA) is 47.6 Å². The fourth-order valence-corrected chi connectivity index (χ4v) is 3.82. The number of carbonyl (C=O) groups is 1. The number of nitrogens with one attached hydrogen (secondary N) is 1. The maximum Gasteiger partial charge on any atom is 0.407 e. The van der Waals surface area contributed by atoms with Gasteiger partial charge in [0.2, 0.25) is 0 Å². The van der Waals surface area contributed by atoms with Crippen LogP contribution in [0.2, 0.25) is 0 Å². The van der Waals surface area contributed by atoms with Crippen molar-refractivity contribution in [3.05, 3.63) is 89.0 Å². The Morgan fingerprint density at radius 1 is 1.00 bits per heavy atom. The third-order valence-corrected chi connectivity index (χ3v) is 5.24. The van der Waals surface area contributed by atoms with Gasteiger partial charge >= 0.3 is 6.09 Å². The predicted octanol–water partition coefficient (Wildman–Crippen LogP) is 4.89. The van der Waals surface area contributed by atoms with E-state index in [2.05, 4.69) is 41.4 Å². The first kappa shape index (κ1) is 19.6. The number of hydrogen-bond acceptors (Lipinski definition) is 3. The van der Waals surface area contributed by atoms with Gasteiger partial charge in [-0.1, -0.05) is 66.4 Å². The molecule has 0 saturated heterocycles. The molecule has 4 nitrogen and oxygen atoms in total. The minimum absolute atomic E-state index is 0.0470. The Labute approximate surface area is 176 Å². The number of benzene rings is 3. The number of fused-ring (bicyclic) bond motifs is 3. The number of carbonyl (C=O) groups excluding carboxylic acids is 1. The Morgan fingerprint density at radius 2 is 1.67 bits per heavy atom. The van der Waals surface area contributed by atoms with Gasteiger partial charge < -0.3 is 14.8 Å². The number of amides is 1. The highest BCUT2D eigenvalue weighted by Gasteiger charge is 2.28. The second-order valence-corrected chi connectivity index (χ2v) is 7.18. The van der Waals surface area contributed by atoms with E-state index in [1.54, 1.807) is 7.11 Å². The average molecular weight is 397 g/mol. The van der Waals surface area contributed by atoms with Gasteiger partial charge in [-0.2, -0.15) is 0 Å². The summed E-state index contributed by atoms with van der Waals surface area (Å²) in [7, 11) is 1.62. The largest absolute Gasteiger partial charge is 0.495 e. The fourth-order valence-electron chi connectivity index (χ4n) is 3.82. The van der Waals surface area contributed by atoms with Crippen LogP contribution in [0, 0.1) is 18.8 Å². The first-order valence-electron chi connectivity index (χ1n) is 9.89. The molecule has 0 spiro atoms. The molecule has 0 aromatic heterocycles. The highest BCUT2D eigenvalue weighted by atomic mass is 16.5. The molecule has 0 radical (unpaired) electrons. The van der Waals surface area contributed by atoms with Gasteiger partial charge in [-0.25, -0.2) is 4.79 Å². The molecule has 0 aliphatic heterocycles. The summed E-state index contributed by atoms with van der Waals surface area (Å²) >= 11 is 0. The Balaban J connectivity index is 1.36. The van der Waals surface area contributed by atoms with Crippen LogP contribution in [-0.2, 0) is 4.74 Å². The van der Waals surface area contributed by atoms with Crippen LogP contribution < -0.4 is 10.1 Å². The van der Waals surface area contributed by atoms with Crippen molar-refractivity contribution in [3.8, 4) is 28.7 Å². The molecular weight excluding hydrogens is 374 g/mol. The molecule has 1 amide bonds. The third kappa shape index (κ3) is 4.01. The van der Waals surface area contributed by atoms with Crippen LogP contribution >= 0.6 is 0 Å². The van der Waals surface area contributed by atoms with Crippen molar-refractivity contribution in [1.29, 1.82) is 0 Å². The van der Waals surface area contributed by atoms with Crippen LogP contribution in [0.5, 0.6) is 5.75 Å². The Bertz CT molecular complexity index is 1090. The first-order chi connectivity index (χ1) is 14.7. The lowest BCUT2D eigenvalue weighted by Gasteiger charge is -2.14. The maximum atomic E-state index is 12.2. The third-order valence-electron chi connectivity index (χ3n) is 5.24. The van der Waals surface area contributed by atoms with Crippen LogP contribution in [0.4, 0.5) is 4.79 Å². The molecule has 4 rings (SSSR count). The van der Waals surface area contributed by atoms with E-state index in [4.69, 9.17) is 9.47 Å². The molecule has 0 atom stereocenters. The zero-order chi connectivity index (χ0) is 20.9. The molecule has 30 heavy (non-hydrogen) atoms. The summed E-state index contributed by atoms with van der Waals surface area (Å²) < 4.78 is 10.8. The van der Waals surface area contributed by atoms with Crippen molar-refractivity contribution in [2.75, 3.05) is 20.3 Å². The molecule has 0 unspecified atom stereocenters. The van der Waals surface area contributed by atoms with Gasteiger partial charge in [0, 0.05) is 5.92 Å². The van der Waals surface area contributed by atoms with Gasteiger partial charge in [-0.3, -0.25) is 0 Å². The van der Waals surface area contributed by atoms with Gasteiger partial charge in [-0.15, -0.1) is 0 Å². The maximum absolute atomic E-state index is 12.2. The van der Waals surface area contributed by atoms with E-state index in [-0.39, 0.29) is 12.5 Å². The zero-order valence-corrected chi connectivity index (χ0v) is 17.1. The molecule has 4 heteroatoms. The second-order valence-electron chi connectivity index (χ2n) is 7.18. The SMILES string of the molecule is COc1ccc(C)cc1C#CCNC(=O)OCC1c2ccccc2-c2ccccc21. The lowest BCUT2D eigenvalue weighted by Crippen LogP contribution is -2.26. The fraction of sp³-hybridized carbons (Fsp3) is 0.192. The van der Waals surface area contributed by atoms with Crippen molar-refractivity contribution in [3.63, 3.8) is 0 Å². The normalized spacial score (nSPS) is 11.7. The Kier molecular flexibility index (Phi) is 5.72. The first-order valence-corrected chi connectivity index (χ1v) is 9.89. The Morgan fingerprint density at radius 3 is 2.33 bits per heavy atom. The van der Waals surface area contributed by atoms with Gasteiger partial charge in [0.15, 0.2) is 0 Å². The summed E-state index contributed by atoms with van der Waals surface area (Å²) in [6.07, 6.45) is -0.470. The van der Waals surface area contributed by atoms with Crippen molar-refractivity contribution >= 4 is 6.09 Å². The molecule has 1 N–H and O–H groups in total. The standard InChI is InChI=1S/C26H23NO3/c1-18-13-14-25(29-2)19(16-18)8-7-15-27-26(28)30-17-24-22-11-5-3-9-20(22)21-10-4-6-12-23(21)24/h3-6,9-14,16,24H,15,17H2,1-2H3,(H,27,28). The minimum atomic E-state index is -0.470. The molecule has 0 saturated carbocycles. The molecule has 150 valence electrons. The summed E-state index contributed by atoms with van der Waals surface area (Å²) in [4.78, 5) is 12.2. The van der Waals surface area contributed by atoms with E-state index < -0.39 is 6.09 Å². The quantitative estimate of drug-likeness (QED) is 0.638. The molecule has 0 bridgehead atoms. The number of alkyl carbamates (subject to hydrolysis) is 1. The Hall–Kier alpha value is -3.71. The van der Waals surface area contributed by atoms with Crippen molar-refractivity contribution in [1.82, 2.24) is 5.32 Å². The van der Waals surface area contributed by atoms with E-state index in [1.807, 2.05) is 49.4 Å². The lowest BCUT2D eigenvalue weighted by molar-refractivity contribution is 0.144. The van der Waals surface area contributed by atoms with E-state index in [9.17, 15) is 4.79 Å². The van der Waals surface area contributed by atoms with E-state index in [1.165, 1.54) is 22.3 Å². The summed E-state index contributed by atoms with van der Waals surface area (Å²) in [6.45, 7) is 2.49. The van der Waals surface area contributed by atoms with Gasteiger partial charge in [0.1, 0.15) is 12.4 Å². The molecular formula is C26H23NO3. The molecule has 3 aromatic rings. The smallest absolute Gasteiger partial charge is 0.407 e. The van der Waals surface area contributed by atoms with Crippen LogP contribution in [0.25, 0.3) is 11.1 Å². The van der Waals surface area contributed by atoms with Crippen LogP contribution in [-0.4, -0.2) is 26.4 Å². The van der Waals surface area contributed by atoms with Crippen molar-refractivity contribution < 1.29 is 14.3 Å². The number of hydrogen-bond donors (Lipinski definition) is 1. The van der Waals surface area contributed by atoms with E-state index in [0.29, 0.717) is 12.4 Å². The van der Waals surface area contributed by atoms with Crippen molar-refractivity contribution in [2.24, 2.45) is 0 Å². The summed E-state index contributed by atoms with van der Waals surface area (Å²) in [5.74, 6) is 6.75. The van der Waals surface area contributed by atoms with Crippen LogP contribution in [0.1, 0.15) is 28.2 Å². The highest BCUT2D eigenvalue weighted by Crippen LogP contribution is 2.44. The second kappa shape index (κ2) is 8.75.